The zero-order valence-corrected chi connectivity index (χ0v) is 16.2. The lowest BCUT2D eigenvalue weighted by atomic mass is 10.0. The number of halogens is 1. The summed E-state index contributed by atoms with van der Waals surface area (Å²) in [5.74, 6) is -0.919. The lowest BCUT2D eigenvalue weighted by Crippen LogP contribution is -2.34. The molecule has 0 aromatic heterocycles. The number of carbonyl (C=O) groups is 2. The molecule has 0 saturated carbocycles. The summed E-state index contributed by atoms with van der Waals surface area (Å²) in [6.07, 6.45) is 3.71. The van der Waals surface area contributed by atoms with Crippen molar-refractivity contribution in [2.24, 2.45) is 0 Å². The Kier molecular flexibility index (Phi) is 7.23. The first-order valence-electron chi connectivity index (χ1n) is 9.20. The van der Waals surface area contributed by atoms with Crippen molar-refractivity contribution in [3.8, 4) is 0 Å². The molecule has 1 saturated heterocycles. The molecular formula is C22H22ClNO4. The summed E-state index contributed by atoms with van der Waals surface area (Å²) in [5.41, 5.74) is 1.88. The van der Waals surface area contributed by atoms with E-state index in [4.69, 9.17) is 21.1 Å². The van der Waals surface area contributed by atoms with Crippen LogP contribution in [0.1, 0.15) is 24.0 Å². The SMILES string of the molecule is O=C(COC(=O)/C(=C/c1ccccc1)c1ccc(Cl)cc1)NC[C@H]1CCCO1. The molecule has 1 aliphatic heterocycles. The van der Waals surface area contributed by atoms with E-state index in [2.05, 4.69) is 5.32 Å². The Morgan fingerprint density at radius 1 is 1.14 bits per heavy atom. The second kappa shape index (κ2) is 10.1. The van der Waals surface area contributed by atoms with Crippen LogP contribution in [0.15, 0.2) is 54.6 Å². The molecule has 0 aliphatic carbocycles. The molecule has 0 unspecified atom stereocenters. The fourth-order valence-electron chi connectivity index (χ4n) is 2.90. The molecule has 146 valence electrons. The van der Waals surface area contributed by atoms with E-state index in [1.165, 1.54) is 0 Å². The summed E-state index contributed by atoms with van der Waals surface area (Å²) in [6.45, 7) is 0.815. The Morgan fingerprint density at radius 2 is 1.89 bits per heavy atom. The molecule has 1 N–H and O–H groups in total. The van der Waals surface area contributed by atoms with Gasteiger partial charge in [-0.3, -0.25) is 4.79 Å². The number of amides is 1. The van der Waals surface area contributed by atoms with Crippen molar-refractivity contribution < 1.29 is 19.1 Å². The normalized spacial score (nSPS) is 16.6. The van der Waals surface area contributed by atoms with Crippen LogP contribution in [-0.2, 0) is 19.1 Å². The van der Waals surface area contributed by atoms with Crippen LogP contribution in [0.3, 0.4) is 0 Å². The van der Waals surface area contributed by atoms with Gasteiger partial charge in [0, 0.05) is 18.2 Å². The molecule has 1 amide bonds. The fraction of sp³-hybridized carbons (Fsp3) is 0.273. The van der Waals surface area contributed by atoms with Crippen LogP contribution < -0.4 is 5.32 Å². The van der Waals surface area contributed by atoms with E-state index in [1.54, 1.807) is 30.3 Å². The quantitative estimate of drug-likeness (QED) is 0.438. The minimum atomic E-state index is -0.571. The van der Waals surface area contributed by atoms with Crippen molar-refractivity contribution in [3.63, 3.8) is 0 Å². The first-order chi connectivity index (χ1) is 13.6. The number of rotatable bonds is 7. The van der Waals surface area contributed by atoms with Crippen LogP contribution in [0.4, 0.5) is 0 Å². The van der Waals surface area contributed by atoms with Gasteiger partial charge in [-0.2, -0.15) is 0 Å². The van der Waals surface area contributed by atoms with Gasteiger partial charge in [0.25, 0.3) is 5.91 Å². The van der Waals surface area contributed by atoms with E-state index in [0.29, 0.717) is 22.7 Å². The van der Waals surface area contributed by atoms with Crippen molar-refractivity contribution in [1.29, 1.82) is 0 Å². The summed E-state index contributed by atoms with van der Waals surface area (Å²) in [7, 11) is 0. The predicted octanol–water partition coefficient (Wildman–Crippen LogP) is 3.72. The van der Waals surface area contributed by atoms with Crippen LogP contribution in [-0.4, -0.2) is 37.7 Å². The zero-order valence-electron chi connectivity index (χ0n) is 15.4. The monoisotopic (exact) mass is 399 g/mol. The van der Waals surface area contributed by atoms with E-state index in [0.717, 1.165) is 25.0 Å². The highest BCUT2D eigenvalue weighted by Gasteiger charge is 2.18. The third kappa shape index (κ3) is 5.94. The molecule has 5 nitrogen and oxygen atoms in total. The largest absolute Gasteiger partial charge is 0.452 e. The molecule has 1 atom stereocenters. The highest BCUT2D eigenvalue weighted by atomic mass is 35.5. The lowest BCUT2D eigenvalue weighted by Gasteiger charge is -2.12. The van der Waals surface area contributed by atoms with Gasteiger partial charge in [0.1, 0.15) is 0 Å². The number of nitrogens with one attached hydrogen (secondary N) is 1. The molecule has 28 heavy (non-hydrogen) atoms. The second-order valence-electron chi connectivity index (χ2n) is 6.49. The average molecular weight is 400 g/mol. The van der Waals surface area contributed by atoms with Crippen LogP contribution in [0.25, 0.3) is 11.6 Å². The van der Waals surface area contributed by atoms with E-state index >= 15 is 0 Å². The summed E-state index contributed by atoms with van der Waals surface area (Å²) in [5, 5.41) is 3.31. The molecule has 0 radical (unpaired) electrons. The molecular weight excluding hydrogens is 378 g/mol. The maximum atomic E-state index is 12.7. The summed E-state index contributed by atoms with van der Waals surface area (Å²) >= 11 is 5.95. The highest BCUT2D eigenvalue weighted by Crippen LogP contribution is 2.22. The Labute approximate surface area is 169 Å². The van der Waals surface area contributed by atoms with Gasteiger partial charge in [-0.25, -0.2) is 4.79 Å². The smallest absolute Gasteiger partial charge is 0.339 e. The van der Waals surface area contributed by atoms with Crippen LogP contribution in [0.2, 0.25) is 5.02 Å². The van der Waals surface area contributed by atoms with Gasteiger partial charge < -0.3 is 14.8 Å². The summed E-state index contributed by atoms with van der Waals surface area (Å²) in [4.78, 5) is 24.7. The number of benzene rings is 2. The Hall–Kier alpha value is -2.63. The maximum Gasteiger partial charge on any atom is 0.339 e. The van der Waals surface area contributed by atoms with Crippen molar-refractivity contribution >= 4 is 35.1 Å². The molecule has 0 bridgehead atoms. The first kappa shape index (κ1) is 20.1. The molecule has 1 heterocycles. The Balaban J connectivity index is 1.65. The molecule has 3 rings (SSSR count). The van der Waals surface area contributed by atoms with E-state index in [1.807, 2.05) is 30.3 Å². The van der Waals surface area contributed by atoms with E-state index < -0.39 is 5.97 Å². The van der Waals surface area contributed by atoms with Gasteiger partial charge in [-0.15, -0.1) is 0 Å². The third-order valence-corrected chi connectivity index (χ3v) is 4.62. The van der Waals surface area contributed by atoms with Gasteiger partial charge in [0.05, 0.1) is 11.7 Å². The number of carbonyl (C=O) groups excluding carboxylic acids is 2. The predicted molar refractivity (Wildman–Crippen MR) is 109 cm³/mol. The standard InChI is InChI=1S/C22H22ClNO4/c23-18-10-8-17(9-11-18)20(13-16-5-2-1-3-6-16)22(26)28-15-21(25)24-14-19-7-4-12-27-19/h1-3,5-6,8-11,13,19H,4,7,12,14-15H2,(H,24,25)/b20-13+/t19-/m1/s1. The summed E-state index contributed by atoms with van der Waals surface area (Å²) in [6, 6.07) is 16.3. The zero-order chi connectivity index (χ0) is 19.8. The number of ether oxygens (including phenoxy) is 2. The molecule has 1 fully saturated rings. The minimum Gasteiger partial charge on any atom is -0.452 e. The van der Waals surface area contributed by atoms with Crippen LogP contribution >= 0.6 is 11.6 Å². The lowest BCUT2D eigenvalue weighted by molar-refractivity contribution is -0.143. The average Bonchev–Trinajstić information content (AvgIpc) is 3.24. The van der Waals surface area contributed by atoms with Crippen molar-refractivity contribution in [1.82, 2.24) is 5.32 Å². The molecule has 2 aromatic rings. The third-order valence-electron chi connectivity index (χ3n) is 4.37. The molecule has 2 aromatic carbocycles. The molecule has 1 aliphatic rings. The van der Waals surface area contributed by atoms with Gasteiger partial charge in [-0.1, -0.05) is 54.1 Å². The van der Waals surface area contributed by atoms with Gasteiger partial charge in [0.15, 0.2) is 6.61 Å². The van der Waals surface area contributed by atoms with Gasteiger partial charge in [0.2, 0.25) is 0 Å². The van der Waals surface area contributed by atoms with Crippen molar-refractivity contribution in [3.05, 3.63) is 70.7 Å². The van der Waals surface area contributed by atoms with E-state index in [9.17, 15) is 9.59 Å². The van der Waals surface area contributed by atoms with E-state index in [-0.39, 0.29) is 18.6 Å². The van der Waals surface area contributed by atoms with Crippen molar-refractivity contribution in [2.75, 3.05) is 19.8 Å². The van der Waals surface area contributed by atoms with Gasteiger partial charge in [-0.05, 0) is 42.2 Å². The molecule has 0 spiro atoms. The first-order valence-corrected chi connectivity index (χ1v) is 9.58. The number of esters is 1. The maximum absolute atomic E-state index is 12.7. The molecule has 6 heteroatoms. The Morgan fingerprint density at radius 3 is 2.57 bits per heavy atom. The number of hydrogen-bond donors (Lipinski definition) is 1. The summed E-state index contributed by atoms with van der Waals surface area (Å²) < 4.78 is 10.7. The van der Waals surface area contributed by atoms with Crippen molar-refractivity contribution in [2.45, 2.75) is 18.9 Å². The second-order valence-corrected chi connectivity index (χ2v) is 6.93. The topological polar surface area (TPSA) is 64.6 Å². The van der Waals surface area contributed by atoms with Crippen LogP contribution in [0.5, 0.6) is 0 Å². The number of hydrogen-bond acceptors (Lipinski definition) is 4. The minimum absolute atomic E-state index is 0.0438. The Bertz CT molecular complexity index is 827. The van der Waals surface area contributed by atoms with Gasteiger partial charge >= 0.3 is 5.97 Å². The van der Waals surface area contributed by atoms with Crippen LogP contribution in [0, 0.1) is 0 Å². The fourth-order valence-corrected chi connectivity index (χ4v) is 3.02. The highest BCUT2D eigenvalue weighted by molar-refractivity contribution is 6.30.